The van der Waals surface area contributed by atoms with Crippen molar-refractivity contribution in [2.75, 3.05) is 13.1 Å². The van der Waals surface area contributed by atoms with E-state index in [9.17, 15) is 4.79 Å². The molecule has 1 aromatic rings. The van der Waals surface area contributed by atoms with Crippen molar-refractivity contribution >= 4 is 41.3 Å². The highest BCUT2D eigenvalue weighted by molar-refractivity contribution is 7.16. The molecule has 1 aliphatic rings. The fourth-order valence-corrected chi connectivity index (χ4v) is 3.73. The molecule has 0 saturated carbocycles. The van der Waals surface area contributed by atoms with Crippen molar-refractivity contribution in [2.24, 2.45) is 5.92 Å². The van der Waals surface area contributed by atoms with Crippen LogP contribution in [0.4, 0.5) is 0 Å². The summed E-state index contributed by atoms with van der Waals surface area (Å²) < 4.78 is 0.765. The van der Waals surface area contributed by atoms with Gasteiger partial charge in [0.25, 0.3) is 0 Å². The van der Waals surface area contributed by atoms with Gasteiger partial charge < -0.3 is 10.2 Å². The Hall–Kier alpha value is -0.550. The number of carbonyl (C=O) groups is 1. The van der Waals surface area contributed by atoms with Gasteiger partial charge in [0.2, 0.25) is 5.91 Å². The number of nitrogens with zero attached hydrogens (tertiary/aromatic N) is 1. The molecule has 1 N–H and O–H groups in total. The number of thiophene rings is 1. The highest BCUT2D eigenvalue weighted by Crippen LogP contribution is 2.25. The topological polar surface area (TPSA) is 32.3 Å². The predicted octanol–water partition coefficient (Wildman–Crippen LogP) is 3.73. The molecule has 1 aliphatic heterocycles. The van der Waals surface area contributed by atoms with Gasteiger partial charge in [0.05, 0.1) is 10.9 Å². The smallest absolute Gasteiger partial charge is 0.226 e. The zero-order chi connectivity index (χ0) is 14.5. The Kier molecular flexibility index (Phi) is 7.74. The second kappa shape index (κ2) is 8.79. The van der Waals surface area contributed by atoms with Crippen molar-refractivity contribution in [2.45, 2.75) is 32.4 Å². The summed E-state index contributed by atoms with van der Waals surface area (Å²) in [6.07, 6.45) is 3.62. The van der Waals surface area contributed by atoms with Crippen LogP contribution in [0, 0.1) is 5.92 Å². The largest absolute Gasteiger partial charge is 0.334 e. The first-order valence-corrected chi connectivity index (χ1v) is 8.17. The number of hydrogen-bond acceptors (Lipinski definition) is 3. The second-order valence-corrected chi connectivity index (χ2v) is 7.09. The van der Waals surface area contributed by atoms with E-state index in [0.717, 1.165) is 28.6 Å². The van der Waals surface area contributed by atoms with E-state index < -0.39 is 0 Å². The number of rotatable bonds is 5. The minimum absolute atomic E-state index is 0. The van der Waals surface area contributed by atoms with Crippen LogP contribution in [-0.4, -0.2) is 29.9 Å². The zero-order valence-electron chi connectivity index (χ0n) is 12.2. The van der Waals surface area contributed by atoms with E-state index >= 15 is 0 Å². The van der Waals surface area contributed by atoms with Crippen molar-refractivity contribution in [3.05, 3.63) is 34.0 Å². The molecule has 2 atom stereocenters. The first-order chi connectivity index (χ1) is 9.60. The van der Waals surface area contributed by atoms with Crippen LogP contribution in [0.15, 0.2) is 24.8 Å². The molecule has 0 unspecified atom stereocenters. The summed E-state index contributed by atoms with van der Waals surface area (Å²) in [7, 11) is 0. The Labute approximate surface area is 141 Å². The van der Waals surface area contributed by atoms with Gasteiger partial charge in [-0.1, -0.05) is 17.7 Å². The third-order valence-electron chi connectivity index (χ3n) is 3.61. The Bertz CT molecular complexity index is 478. The fourth-order valence-electron chi connectivity index (χ4n) is 2.63. The van der Waals surface area contributed by atoms with Gasteiger partial charge in [0.15, 0.2) is 0 Å². The Morgan fingerprint density at radius 3 is 2.95 bits per heavy atom. The van der Waals surface area contributed by atoms with Gasteiger partial charge in [-0.3, -0.25) is 4.79 Å². The van der Waals surface area contributed by atoms with Gasteiger partial charge >= 0.3 is 0 Å². The monoisotopic (exact) mass is 348 g/mol. The molecule has 2 heterocycles. The lowest BCUT2D eigenvalue weighted by molar-refractivity contribution is -0.136. The van der Waals surface area contributed by atoms with Crippen LogP contribution in [0.1, 0.15) is 24.6 Å². The molecular weight excluding hydrogens is 327 g/mol. The van der Waals surface area contributed by atoms with Crippen LogP contribution in [-0.2, 0) is 11.3 Å². The maximum absolute atomic E-state index is 12.7. The molecule has 3 nitrogen and oxygen atoms in total. The first kappa shape index (κ1) is 18.5. The molecule has 0 bridgehead atoms. The Balaban J connectivity index is 0.00000220. The molecule has 1 aromatic heterocycles. The average Bonchev–Trinajstić information content (AvgIpc) is 2.83. The van der Waals surface area contributed by atoms with Crippen molar-refractivity contribution in [1.82, 2.24) is 10.2 Å². The standard InChI is InChI=1S/C15H21ClN2OS.ClH/c1-3-8-18(10-13-4-5-14(16)20-13)15(19)12-6-7-17-11(2)9-12;/h3-5,11-12,17H,1,6-10H2,2H3;1H/t11-,12-;/m0./s1. The zero-order valence-corrected chi connectivity index (χ0v) is 14.6. The van der Waals surface area contributed by atoms with Gasteiger partial charge in [0.1, 0.15) is 0 Å². The quantitative estimate of drug-likeness (QED) is 0.822. The summed E-state index contributed by atoms with van der Waals surface area (Å²) in [5.74, 6) is 0.365. The van der Waals surface area contributed by atoms with Gasteiger partial charge in [-0.15, -0.1) is 30.3 Å². The van der Waals surface area contributed by atoms with Crippen molar-refractivity contribution in [3.63, 3.8) is 0 Å². The van der Waals surface area contributed by atoms with Crippen molar-refractivity contribution in [1.29, 1.82) is 0 Å². The average molecular weight is 349 g/mol. The van der Waals surface area contributed by atoms with Gasteiger partial charge in [-0.25, -0.2) is 0 Å². The molecular formula is C15H22Cl2N2OS. The van der Waals surface area contributed by atoms with E-state index in [1.165, 1.54) is 11.3 Å². The lowest BCUT2D eigenvalue weighted by Crippen LogP contribution is -2.44. The molecule has 0 spiro atoms. The van der Waals surface area contributed by atoms with Crippen LogP contribution in [0.2, 0.25) is 4.34 Å². The van der Waals surface area contributed by atoms with Crippen molar-refractivity contribution < 1.29 is 4.79 Å². The van der Waals surface area contributed by atoms with E-state index in [4.69, 9.17) is 11.6 Å². The normalized spacial score (nSPS) is 21.4. The van der Waals surface area contributed by atoms with E-state index in [1.54, 1.807) is 6.08 Å². The summed E-state index contributed by atoms with van der Waals surface area (Å²) in [6, 6.07) is 4.28. The maximum Gasteiger partial charge on any atom is 0.226 e. The number of amides is 1. The summed E-state index contributed by atoms with van der Waals surface area (Å²) in [4.78, 5) is 15.7. The van der Waals surface area contributed by atoms with Crippen LogP contribution in [0.25, 0.3) is 0 Å². The Morgan fingerprint density at radius 1 is 1.62 bits per heavy atom. The molecule has 2 rings (SSSR count). The van der Waals surface area contributed by atoms with Crippen LogP contribution < -0.4 is 5.32 Å². The third kappa shape index (κ3) is 5.29. The summed E-state index contributed by atoms with van der Waals surface area (Å²) in [5, 5.41) is 3.38. The lowest BCUT2D eigenvalue weighted by Gasteiger charge is -2.31. The van der Waals surface area contributed by atoms with E-state index in [1.807, 2.05) is 17.0 Å². The fraction of sp³-hybridized carbons (Fsp3) is 0.533. The van der Waals surface area contributed by atoms with E-state index in [2.05, 4.69) is 18.8 Å². The van der Waals surface area contributed by atoms with Crippen LogP contribution in [0.5, 0.6) is 0 Å². The molecule has 1 fully saturated rings. The SMILES string of the molecule is C=CCN(Cc1ccc(Cl)s1)C(=O)[C@H]1CCN[C@@H](C)C1.Cl. The summed E-state index contributed by atoms with van der Waals surface area (Å²) in [5.41, 5.74) is 0. The minimum Gasteiger partial charge on any atom is -0.334 e. The summed E-state index contributed by atoms with van der Waals surface area (Å²) in [6.45, 7) is 8.03. The molecule has 0 radical (unpaired) electrons. The molecule has 21 heavy (non-hydrogen) atoms. The number of carbonyl (C=O) groups excluding carboxylic acids is 1. The number of hydrogen-bond donors (Lipinski definition) is 1. The minimum atomic E-state index is 0. The first-order valence-electron chi connectivity index (χ1n) is 6.97. The molecule has 0 aliphatic carbocycles. The molecule has 0 aromatic carbocycles. The highest BCUT2D eigenvalue weighted by atomic mass is 35.5. The number of nitrogens with one attached hydrogen (secondary N) is 1. The van der Waals surface area contributed by atoms with E-state index in [-0.39, 0.29) is 24.2 Å². The van der Waals surface area contributed by atoms with Gasteiger partial charge in [-0.2, -0.15) is 0 Å². The van der Waals surface area contributed by atoms with Crippen molar-refractivity contribution in [3.8, 4) is 0 Å². The van der Waals surface area contributed by atoms with Gasteiger partial charge in [-0.05, 0) is 38.4 Å². The van der Waals surface area contributed by atoms with E-state index in [0.29, 0.717) is 19.1 Å². The molecule has 1 saturated heterocycles. The lowest BCUT2D eigenvalue weighted by atomic mass is 9.92. The number of halogens is 2. The number of piperidine rings is 1. The predicted molar refractivity (Wildman–Crippen MR) is 92.4 cm³/mol. The molecule has 118 valence electrons. The Morgan fingerprint density at radius 2 is 2.38 bits per heavy atom. The maximum atomic E-state index is 12.7. The molecule has 6 heteroatoms. The van der Waals surface area contributed by atoms with Crippen LogP contribution in [0.3, 0.4) is 0 Å². The second-order valence-electron chi connectivity index (χ2n) is 5.29. The third-order valence-corrected chi connectivity index (χ3v) is 4.83. The summed E-state index contributed by atoms with van der Waals surface area (Å²) >= 11 is 7.49. The van der Waals surface area contributed by atoms with Gasteiger partial charge in [0, 0.05) is 23.4 Å². The highest BCUT2D eigenvalue weighted by Gasteiger charge is 2.28. The van der Waals surface area contributed by atoms with Crippen LogP contribution >= 0.6 is 35.3 Å². The molecule has 1 amide bonds.